The summed E-state index contributed by atoms with van der Waals surface area (Å²) in [4.78, 5) is 24.5. The molecule has 1 heterocycles. The summed E-state index contributed by atoms with van der Waals surface area (Å²) in [5, 5.41) is 3.38. The first-order valence-electron chi connectivity index (χ1n) is 5.55. The van der Waals surface area contributed by atoms with E-state index in [1.807, 2.05) is 18.2 Å². The van der Waals surface area contributed by atoms with Crippen molar-refractivity contribution in [3.63, 3.8) is 0 Å². The van der Waals surface area contributed by atoms with Gasteiger partial charge in [-0.15, -0.1) is 0 Å². The number of fused-ring (bicyclic) bond motifs is 1. The Kier molecular flexibility index (Phi) is 3.32. The van der Waals surface area contributed by atoms with Crippen molar-refractivity contribution in [1.82, 2.24) is 10.2 Å². The summed E-state index contributed by atoms with van der Waals surface area (Å²) in [7, 11) is 3.27. The second-order valence-electron chi connectivity index (χ2n) is 4.12. The molecule has 0 radical (unpaired) electrons. The molecule has 0 aliphatic heterocycles. The Labute approximate surface area is 104 Å². The minimum Gasteiger partial charge on any atom is -0.451 e. The Balaban J connectivity index is 2.07. The molecule has 2 rings (SSSR count). The van der Waals surface area contributed by atoms with Crippen LogP contribution in [0.15, 0.2) is 34.7 Å². The van der Waals surface area contributed by atoms with Crippen molar-refractivity contribution in [3.8, 4) is 0 Å². The first kappa shape index (κ1) is 12.2. The number of likely N-dealkylation sites (N-methyl/N-ethyl adjacent to an activating group) is 1. The largest absolute Gasteiger partial charge is 0.451 e. The lowest BCUT2D eigenvalue weighted by atomic mass is 10.2. The van der Waals surface area contributed by atoms with Crippen molar-refractivity contribution in [3.05, 3.63) is 36.1 Å². The maximum atomic E-state index is 11.8. The van der Waals surface area contributed by atoms with E-state index >= 15 is 0 Å². The minimum absolute atomic E-state index is 0.0388. The molecule has 0 aliphatic rings. The first-order chi connectivity index (χ1) is 8.58. The van der Waals surface area contributed by atoms with Gasteiger partial charge in [-0.3, -0.25) is 9.59 Å². The lowest BCUT2D eigenvalue weighted by Crippen LogP contribution is -2.36. The molecule has 5 nitrogen and oxygen atoms in total. The zero-order chi connectivity index (χ0) is 13.1. The smallest absolute Gasteiger partial charge is 0.287 e. The fraction of sp³-hybridized carbons (Fsp3) is 0.231. The number of rotatable bonds is 3. The number of nitrogens with one attached hydrogen (secondary N) is 1. The van der Waals surface area contributed by atoms with E-state index in [9.17, 15) is 9.59 Å². The Morgan fingerprint density at radius 2 is 2.00 bits per heavy atom. The van der Waals surface area contributed by atoms with Gasteiger partial charge in [0.05, 0.1) is 6.54 Å². The SMILES string of the molecule is CN(C)C(=O)CNC(=O)c1cc2ccccc2o1. The maximum Gasteiger partial charge on any atom is 0.287 e. The van der Waals surface area contributed by atoms with Gasteiger partial charge in [-0.1, -0.05) is 18.2 Å². The summed E-state index contributed by atoms with van der Waals surface area (Å²) in [5.74, 6) is -0.344. The fourth-order valence-corrected chi connectivity index (χ4v) is 1.49. The van der Waals surface area contributed by atoms with E-state index in [0.717, 1.165) is 5.39 Å². The Bertz CT molecular complexity index is 554. The molecule has 0 saturated heterocycles. The van der Waals surface area contributed by atoms with Gasteiger partial charge in [-0.25, -0.2) is 0 Å². The molecular formula is C13H14N2O3. The van der Waals surface area contributed by atoms with E-state index in [2.05, 4.69) is 5.32 Å². The number of benzene rings is 1. The normalized spacial score (nSPS) is 10.3. The van der Waals surface area contributed by atoms with Gasteiger partial charge in [-0.2, -0.15) is 0 Å². The van der Waals surface area contributed by atoms with Crippen LogP contribution < -0.4 is 5.32 Å². The number of hydrogen-bond acceptors (Lipinski definition) is 3. The van der Waals surface area contributed by atoms with E-state index in [0.29, 0.717) is 5.58 Å². The zero-order valence-electron chi connectivity index (χ0n) is 10.3. The molecule has 0 aliphatic carbocycles. The molecule has 0 unspecified atom stereocenters. The van der Waals surface area contributed by atoms with Crippen molar-refractivity contribution in [2.24, 2.45) is 0 Å². The lowest BCUT2D eigenvalue weighted by molar-refractivity contribution is -0.127. The van der Waals surface area contributed by atoms with Crippen LogP contribution in [0.4, 0.5) is 0 Å². The summed E-state index contributed by atoms with van der Waals surface area (Å²) in [6, 6.07) is 9.01. The number of carbonyl (C=O) groups excluding carboxylic acids is 2. The van der Waals surface area contributed by atoms with Crippen LogP contribution in [0.3, 0.4) is 0 Å². The van der Waals surface area contributed by atoms with E-state index < -0.39 is 0 Å². The molecular weight excluding hydrogens is 232 g/mol. The molecule has 0 fully saturated rings. The van der Waals surface area contributed by atoms with Gasteiger partial charge in [0.25, 0.3) is 5.91 Å². The Morgan fingerprint density at radius 1 is 1.28 bits per heavy atom. The van der Waals surface area contributed by atoms with E-state index in [-0.39, 0.29) is 24.1 Å². The molecule has 18 heavy (non-hydrogen) atoms. The molecule has 5 heteroatoms. The van der Waals surface area contributed by atoms with Crippen molar-refractivity contribution >= 4 is 22.8 Å². The second-order valence-corrected chi connectivity index (χ2v) is 4.12. The highest BCUT2D eigenvalue weighted by atomic mass is 16.3. The predicted octanol–water partition coefficient (Wildman–Crippen LogP) is 1.25. The van der Waals surface area contributed by atoms with E-state index in [1.54, 1.807) is 26.2 Å². The molecule has 0 bridgehead atoms. The third-order valence-corrected chi connectivity index (χ3v) is 2.55. The van der Waals surface area contributed by atoms with Crippen molar-refractivity contribution in [1.29, 1.82) is 0 Å². The Morgan fingerprint density at radius 3 is 2.67 bits per heavy atom. The van der Waals surface area contributed by atoms with Gasteiger partial charge in [0.1, 0.15) is 5.58 Å². The minimum atomic E-state index is -0.388. The number of carbonyl (C=O) groups is 2. The van der Waals surface area contributed by atoms with Gasteiger partial charge in [-0.05, 0) is 12.1 Å². The number of amides is 2. The van der Waals surface area contributed by atoms with Crippen LogP contribution >= 0.6 is 0 Å². The van der Waals surface area contributed by atoms with Crippen LogP contribution in [0.25, 0.3) is 11.0 Å². The van der Waals surface area contributed by atoms with Crippen LogP contribution in [0, 0.1) is 0 Å². The van der Waals surface area contributed by atoms with Crippen LogP contribution in [0.5, 0.6) is 0 Å². The summed E-state index contributed by atoms with van der Waals surface area (Å²) in [6.07, 6.45) is 0. The summed E-state index contributed by atoms with van der Waals surface area (Å²) in [5.41, 5.74) is 0.654. The topological polar surface area (TPSA) is 62.6 Å². The molecule has 0 atom stereocenters. The van der Waals surface area contributed by atoms with Gasteiger partial charge >= 0.3 is 0 Å². The van der Waals surface area contributed by atoms with Crippen molar-refractivity contribution in [2.45, 2.75) is 0 Å². The van der Waals surface area contributed by atoms with Gasteiger partial charge in [0.15, 0.2) is 5.76 Å². The summed E-state index contributed by atoms with van der Waals surface area (Å²) >= 11 is 0. The number of nitrogens with zero attached hydrogens (tertiary/aromatic N) is 1. The quantitative estimate of drug-likeness (QED) is 0.886. The Hall–Kier alpha value is -2.30. The lowest BCUT2D eigenvalue weighted by Gasteiger charge is -2.09. The average Bonchev–Trinajstić information content (AvgIpc) is 2.79. The highest BCUT2D eigenvalue weighted by Gasteiger charge is 2.13. The molecule has 1 aromatic heterocycles. The van der Waals surface area contributed by atoms with Crippen LogP contribution in [0.1, 0.15) is 10.6 Å². The molecule has 0 saturated carbocycles. The first-order valence-corrected chi connectivity index (χ1v) is 5.55. The van der Waals surface area contributed by atoms with Crippen molar-refractivity contribution < 1.29 is 14.0 Å². The van der Waals surface area contributed by atoms with Crippen molar-refractivity contribution in [2.75, 3.05) is 20.6 Å². The summed E-state index contributed by atoms with van der Waals surface area (Å²) < 4.78 is 5.39. The van der Waals surface area contributed by atoms with Crippen LogP contribution in [-0.4, -0.2) is 37.4 Å². The highest BCUT2D eigenvalue weighted by molar-refractivity contribution is 5.97. The van der Waals surface area contributed by atoms with Gasteiger partial charge in [0, 0.05) is 19.5 Å². The third kappa shape index (κ3) is 2.51. The average molecular weight is 246 g/mol. The second kappa shape index (κ2) is 4.91. The molecule has 1 N–H and O–H groups in total. The fourth-order valence-electron chi connectivity index (χ4n) is 1.49. The molecule has 2 aromatic rings. The highest BCUT2D eigenvalue weighted by Crippen LogP contribution is 2.18. The number of para-hydroxylation sites is 1. The van der Waals surface area contributed by atoms with Crippen LogP contribution in [-0.2, 0) is 4.79 Å². The summed E-state index contributed by atoms with van der Waals surface area (Å²) in [6.45, 7) is -0.0388. The monoisotopic (exact) mass is 246 g/mol. The molecule has 94 valence electrons. The number of furan rings is 1. The maximum absolute atomic E-state index is 11.8. The molecule has 1 aromatic carbocycles. The van der Waals surface area contributed by atoms with E-state index in [1.165, 1.54) is 4.90 Å². The molecule has 2 amide bonds. The third-order valence-electron chi connectivity index (χ3n) is 2.55. The zero-order valence-corrected chi connectivity index (χ0v) is 10.3. The standard InChI is InChI=1S/C13H14N2O3/c1-15(2)12(16)8-14-13(17)11-7-9-5-3-4-6-10(9)18-11/h3-7H,8H2,1-2H3,(H,14,17). The van der Waals surface area contributed by atoms with Crippen LogP contribution in [0.2, 0.25) is 0 Å². The van der Waals surface area contributed by atoms with Gasteiger partial charge in [0.2, 0.25) is 5.91 Å². The van der Waals surface area contributed by atoms with E-state index in [4.69, 9.17) is 4.42 Å². The predicted molar refractivity (Wildman–Crippen MR) is 67.2 cm³/mol. The number of hydrogen-bond donors (Lipinski definition) is 1. The molecule has 0 spiro atoms. The van der Waals surface area contributed by atoms with Gasteiger partial charge < -0.3 is 14.6 Å².